The number of Topliss-reactive ketones (excluding diaryl/α,β-unsaturated/α-hetero) is 1. The Labute approximate surface area is 198 Å². The van der Waals surface area contributed by atoms with E-state index < -0.39 is 17.7 Å². The van der Waals surface area contributed by atoms with Crippen molar-refractivity contribution < 1.29 is 14.7 Å². The van der Waals surface area contributed by atoms with Gasteiger partial charge >= 0.3 is 5.91 Å². The molecule has 3 aromatic rings. The molecule has 0 radical (unpaired) electrons. The molecule has 1 fully saturated rings. The summed E-state index contributed by atoms with van der Waals surface area (Å²) in [4.78, 5) is 33.4. The van der Waals surface area contributed by atoms with Crippen LogP contribution in [0.15, 0.2) is 54.1 Å². The number of aliphatic hydroxyl groups excluding tert-OH is 1. The van der Waals surface area contributed by atoms with Crippen molar-refractivity contribution in [1.29, 1.82) is 0 Å². The standard InChI is InChI=1S/C27H28N2O3S/c1-15-7-9-19(10-8-15)23(30)21-22(18-11-13-20(14-12-18)27(4,5)6)29(25(32)24(21)31)26-28-16(2)17(3)33-26/h7-14,22,30H,1-6H3/b23-21+. The van der Waals surface area contributed by atoms with Crippen LogP contribution in [0.5, 0.6) is 0 Å². The first-order valence-corrected chi connectivity index (χ1v) is 11.7. The Bertz CT molecular complexity index is 1240. The van der Waals surface area contributed by atoms with Crippen molar-refractivity contribution >= 4 is 33.9 Å². The number of anilines is 1. The Hall–Kier alpha value is -3.25. The van der Waals surface area contributed by atoms with Gasteiger partial charge in [-0.25, -0.2) is 4.98 Å². The number of nitrogens with zero attached hydrogens (tertiary/aromatic N) is 2. The Kier molecular flexibility index (Phi) is 5.74. The summed E-state index contributed by atoms with van der Waals surface area (Å²) in [6.07, 6.45) is 0. The third-order valence-corrected chi connectivity index (χ3v) is 7.16. The van der Waals surface area contributed by atoms with E-state index in [4.69, 9.17) is 0 Å². The lowest BCUT2D eigenvalue weighted by atomic mass is 9.85. The van der Waals surface area contributed by atoms with Crippen LogP contribution in [0.25, 0.3) is 5.76 Å². The fourth-order valence-electron chi connectivity index (χ4n) is 3.94. The Morgan fingerprint density at radius 3 is 2.09 bits per heavy atom. The molecule has 1 amide bonds. The number of hydrogen-bond acceptors (Lipinski definition) is 5. The largest absolute Gasteiger partial charge is 0.507 e. The van der Waals surface area contributed by atoms with Crippen LogP contribution in [-0.2, 0) is 15.0 Å². The second-order valence-corrected chi connectivity index (χ2v) is 10.7. The average Bonchev–Trinajstić information content (AvgIpc) is 3.23. The topological polar surface area (TPSA) is 70.5 Å². The van der Waals surface area contributed by atoms with Crippen LogP contribution >= 0.6 is 11.3 Å². The minimum absolute atomic E-state index is 0.0359. The number of carbonyl (C=O) groups is 2. The van der Waals surface area contributed by atoms with Gasteiger partial charge in [0.1, 0.15) is 5.76 Å². The van der Waals surface area contributed by atoms with Gasteiger partial charge in [-0.15, -0.1) is 11.3 Å². The summed E-state index contributed by atoms with van der Waals surface area (Å²) in [6, 6.07) is 14.4. The summed E-state index contributed by atoms with van der Waals surface area (Å²) in [5.41, 5.74) is 4.29. The number of aliphatic hydroxyl groups is 1. The molecule has 0 spiro atoms. The zero-order valence-electron chi connectivity index (χ0n) is 19.8. The van der Waals surface area contributed by atoms with Crippen molar-refractivity contribution in [2.75, 3.05) is 4.90 Å². The lowest BCUT2D eigenvalue weighted by Gasteiger charge is -2.24. The quantitative estimate of drug-likeness (QED) is 0.296. The molecule has 1 aromatic heterocycles. The van der Waals surface area contributed by atoms with Crippen LogP contribution < -0.4 is 4.90 Å². The van der Waals surface area contributed by atoms with E-state index in [2.05, 4.69) is 25.8 Å². The highest BCUT2D eigenvalue weighted by Crippen LogP contribution is 2.44. The van der Waals surface area contributed by atoms with Crippen molar-refractivity contribution in [2.45, 2.75) is 53.0 Å². The fraction of sp³-hybridized carbons (Fsp3) is 0.296. The molecule has 2 aromatic carbocycles. The number of thiazole rings is 1. The van der Waals surface area contributed by atoms with Gasteiger partial charge in [-0.3, -0.25) is 14.5 Å². The molecule has 5 nitrogen and oxygen atoms in total. The number of ketones is 1. The Balaban J connectivity index is 1.92. The number of amides is 1. The molecule has 33 heavy (non-hydrogen) atoms. The predicted molar refractivity (Wildman–Crippen MR) is 133 cm³/mol. The molecule has 1 unspecified atom stereocenters. The Morgan fingerprint density at radius 1 is 0.970 bits per heavy atom. The summed E-state index contributed by atoms with van der Waals surface area (Å²) < 4.78 is 0. The van der Waals surface area contributed by atoms with Gasteiger partial charge in [0.15, 0.2) is 5.13 Å². The SMILES string of the molecule is Cc1ccc(/C(O)=C2\C(=O)C(=O)N(c3nc(C)c(C)s3)C2c2ccc(C(C)(C)C)cc2)cc1. The van der Waals surface area contributed by atoms with E-state index >= 15 is 0 Å². The number of aromatic nitrogens is 1. The zero-order valence-corrected chi connectivity index (χ0v) is 20.6. The molecule has 0 bridgehead atoms. The first kappa shape index (κ1) is 22.9. The van der Waals surface area contributed by atoms with E-state index in [1.807, 2.05) is 57.2 Å². The summed E-state index contributed by atoms with van der Waals surface area (Å²) in [7, 11) is 0. The molecule has 1 atom stereocenters. The molecule has 1 aliphatic rings. The number of benzene rings is 2. The first-order valence-electron chi connectivity index (χ1n) is 10.9. The van der Waals surface area contributed by atoms with Gasteiger partial charge in [0.25, 0.3) is 5.78 Å². The van der Waals surface area contributed by atoms with Crippen molar-refractivity contribution in [3.8, 4) is 0 Å². The Morgan fingerprint density at radius 2 is 1.58 bits per heavy atom. The first-order chi connectivity index (χ1) is 15.5. The molecule has 0 saturated carbocycles. The van der Waals surface area contributed by atoms with Gasteiger partial charge in [-0.2, -0.15) is 0 Å². The summed E-state index contributed by atoms with van der Waals surface area (Å²) in [5, 5.41) is 11.7. The number of hydrogen-bond donors (Lipinski definition) is 1. The van der Waals surface area contributed by atoms with Gasteiger partial charge in [-0.05, 0) is 37.3 Å². The van der Waals surface area contributed by atoms with Crippen LogP contribution in [-0.4, -0.2) is 21.8 Å². The lowest BCUT2D eigenvalue weighted by Crippen LogP contribution is -2.29. The predicted octanol–water partition coefficient (Wildman–Crippen LogP) is 5.99. The maximum atomic E-state index is 13.2. The molecule has 2 heterocycles. The van der Waals surface area contributed by atoms with E-state index in [0.29, 0.717) is 10.7 Å². The van der Waals surface area contributed by atoms with E-state index in [0.717, 1.165) is 27.3 Å². The molecular weight excluding hydrogens is 432 g/mol. The summed E-state index contributed by atoms with van der Waals surface area (Å²) in [5.74, 6) is -1.56. The van der Waals surface area contributed by atoms with Crippen LogP contribution in [0.3, 0.4) is 0 Å². The molecule has 4 rings (SSSR count). The highest BCUT2D eigenvalue weighted by molar-refractivity contribution is 7.16. The van der Waals surface area contributed by atoms with Gasteiger partial charge in [-0.1, -0.05) is 74.9 Å². The molecule has 6 heteroatoms. The molecule has 0 aliphatic carbocycles. The second kappa shape index (κ2) is 8.27. The lowest BCUT2D eigenvalue weighted by molar-refractivity contribution is -0.132. The summed E-state index contributed by atoms with van der Waals surface area (Å²) in [6.45, 7) is 12.2. The molecule has 1 aliphatic heterocycles. The molecule has 1 saturated heterocycles. The highest BCUT2D eigenvalue weighted by atomic mass is 32.1. The van der Waals surface area contributed by atoms with E-state index in [1.54, 1.807) is 12.1 Å². The van der Waals surface area contributed by atoms with Crippen LogP contribution in [0.4, 0.5) is 5.13 Å². The van der Waals surface area contributed by atoms with Gasteiger partial charge < -0.3 is 5.11 Å². The van der Waals surface area contributed by atoms with Crippen molar-refractivity contribution in [2.24, 2.45) is 0 Å². The zero-order chi connectivity index (χ0) is 24.1. The van der Waals surface area contributed by atoms with E-state index in [-0.39, 0.29) is 16.7 Å². The van der Waals surface area contributed by atoms with Crippen LogP contribution in [0.2, 0.25) is 0 Å². The van der Waals surface area contributed by atoms with Crippen molar-refractivity contribution in [3.05, 3.63) is 86.9 Å². The molecule has 170 valence electrons. The highest BCUT2D eigenvalue weighted by Gasteiger charge is 2.48. The van der Waals surface area contributed by atoms with Crippen molar-refractivity contribution in [3.63, 3.8) is 0 Å². The maximum absolute atomic E-state index is 13.2. The molecule has 1 N–H and O–H groups in total. The number of aryl methyl sites for hydroxylation is 3. The summed E-state index contributed by atoms with van der Waals surface area (Å²) >= 11 is 1.37. The van der Waals surface area contributed by atoms with E-state index in [1.165, 1.54) is 16.2 Å². The number of rotatable bonds is 3. The smallest absolute Gasteiger partial charge is 0.301 e. The second-order valence-electron chi connectivity index (χ2n) is 9.55. The minimum Gasteiger partial charge on any atom is -0.507 e. The minimum atomic E-state index is -0.759. The van der Waals surface area contributed by atoms with Gasteiger partial charge in [0, 0.05) is 10.4 Å². The number of carbonyl (C=O) groups excluding carboxylic acids is 2. The maximum Gasteiger partial charge on any atom is 0.301 e. The van der Waals surface area contributed by atoms with E-state index in [9.17, 15) is 14.7 Å². The normalized spacial score (nSPS) is 18.2. The molecular formula is C27H28N2O3S. The van der Waals surface area contributed by atoms with Gasteiger partial charge in [0.2, 0.25) is 0 Å². The monoisotopic (exact) mass is 460 g/mol. The van der Waals surface area contributed by atoms with Gasteiger partial charge in [0.05, 0.1) is 17.3 Å². The van der Waals surface area contributed by atoms with Crippen LogP contribution in [0, 0.1) is 20.8 Å². The third kappa shape index (κ3) is 4.11. The third-order valence-electron chi connectivity index (χ3n) is 6.09. The average molecular weight is 461 g/mol. The fourth-order valence-corrected chi connectivity index (χ4v) is 4.87. The van der Waals surface area contributed by atoms with Crippen LogP contribution in [0.1, 0.15) is 59.6 Å². The van der Waals surface area contributed by atoms with Crippen molar-refractivity contribution in [1.82, 2.24) is 4.98 Å².